The number of carbonyl (C=O) groups excluding carboxylic acids is 2. The van der Waals surface area contributed by atoms with Crippen molar-refractivity contribution in [3.63, 3.8) is 0 Å². The van der Waals surface area contributed by atoms with Crippen LogP contribution in [-0.2, 0) is 14.3 Å². The molecule has 8 nitrogen and oxygen atoms in total. The Morgan fingerprint density at radius 1 is 1.46 bits per heavy atom. The van der Waals surface area contributed by atoms with Gasteiger partial charge in [0.1, 0.15) is 0 Å². The van der Waals surface area contributed by atoms with Gasteiger partial charge in [-0.3, -0.25) is 19.9 Å². The average Bonchev–Trinajstić information content (AvgIpc) is 2.53. The summed E-state index contributed by atoms with van der Waals surface area (Å²) in [5.74, 6) is -0.861. The first kappa shape index (κ1) is 19.9. The third-order valence-electron chi connectivity index (χ3n) is 3.34. The summed E-state index contributed by atoms with van der Waals surface area (Å²) < 4.78 is 5.09. The van der Waals surface area contributed by atoms with Gasteiger partial charge in [0, 0.05) is 29.5 Å². The van der Waals surface area contributed by atoms with Crippen molar-refractivity contribution in [2.75, 3.05) is 6.61 Å². The first-order valence-electron chi connectivity index (χ1n) is 7.58. The zero-order chi connectivity index (χ0) is 19.4. The van der Waals surface area contributed by atoms with Gasteiger partial charge in [-0.2, -0.15) is 0 Å². The normalized spacial score (nSPS) is 16.8. The number of nitrogens with one attached hydrogen (secondary N) is 1. The van der Waals surface area contributed by atoms with Crippen LogP contribution in [0.1, 0.15) is 26.3 Å². The van der Waals surface area contributed by atoms with Gasteiger partial charge in [-0.15, -0.1) is 0 Å². The van der Waals surface area contributed by atoms with E-state index in [4.69, 9.17) is 16.3 Å². The van der Waals surface area contributed by atoms with E-state index in [1.165, 1.54) is 25.1 Å². The molecular formula is C16H16ClN3O5S. The fourth-order valence-corrected chi connectivity index (χ4v) is 3.92. The Morgan fingerprint density at radius 3 is 2.69 bits per heavy atom. The van der Waals surface area contributed by atoms with Crippen LogP contribution in [0, 0.1) is 10.1 Å². The molecule has 0 saturated carbocycles. The van der Waals surface area contributed by atoms with Gasteiger partial charge in [0.2, 0.25) is 5.91 Å². The smallest absolute Gasteiger partial charge is 0.341 e. The van der Waals surface area contributed by atoms with E-state index >= 15 is 0 Å². The number of non-ortho nitro benzene ring substituents is 1. The lowest BCUT2D eigenvalue weighted by Gasteiger charge is -2.24. The Kier molecular flexibility index (Phi) is 6.38. The molecule has 0 bridgehead atoms. The van der Waals surface area contributed by atoms with Crippen molar-refractivity contribution in [1.82, 2.24) is 5.32 Å². The topological polar surface area (TPSA) is 111 Å². The maximum Gasteiger partial charge on any atom is 0.341 e. The number of hydrogen-bond donors (Lipinski definition) is 1. The maximum atomic E-state index is 12.4. The number of rotatable bonds is 5. The molecule has 0 radical (unpaired) electrons. The molecule has 1 N–H and O–H groups in total. The molecule has 1 amide bonds. The molecule has 0 aromatic heterocycles. The van der Waals surface area contributed by atoms with Gasteiger partial charge >= 0.3 is 5.97 Å². The lowest BCUT2D eigenvalue weighted by atomic mass is 10.1. The van der Waals surface area contributed by atoms with E-state index in [9.17, 15) is 19.7 Å². The first-order valence-corrected chi connectivity index (χ1v) is 8.84. The predicted octanol–water partition coefficient (Wildman–Crippen LogP) is 3.15. The molecule has 1 aromatic rings. The number of hydrogen-bond acceptors (Lipinski definition) is 7. The Labute approximate surface area is 158 Å². The second-order valence-electron chi connectivity index (χ2n) is 5.23. The maximum absolute atomic E-state index is 12.4. The SMILES string of the molecule is CCOC(=O)C1=C(c2ccc([N+](=O)[O-])cc2Cl)SC(NC(C)=O)N=C1C. The molecule has 10 heteroatoms. The summed E-state index contributed by atoms with van der Waals surface area (Å²) >= 11 is 7.34. The molecule has 0 spiro atoms. The molecule has 1 atom stereocenters. The number of esters is 1. The van der Waals surface area contributed by atoms with Gasteiger partial charge < -0.3 is 10.1 Å². The first-order chi connectivity index (χ1) is 12.2. The third-order valence-corrected chi connectivity index (χ3v) is 4.76. The van der Waals surface area contributed by atoms with Crippen LogP contribution in [0.4, 0.5) is 5.69 Å². The number of amides is 1. The van der Waals surface area contributed by atoms with E-state index in [2.05, 4.69) is 10.3 Å². The largest absolute Gasteiger partial charge is 0.462 e. The summed E-state index contributed by atoms with van der Waals surface area (Å²) in [5, 5.41) is 13.7. The fraction of sp³-hybridized carbons (Fsp3) is 0.312. The Balaban J connectivity index is 2.58. The van der Waals surface area contributed by atoms with Crippen LogP contribution >= 0.6 is 23.4 Å². The van der Waals surface area contributed by atoms with Crippen molar-refractivity contribution in [1.29, 1.82) is 0 Å². The number of thioether (sulfide) groups is 1. The molecular weight excluding hydrogens is 382 g/mol. The molecule has 1 aromatic carbocycles. The van der Waals surface area contributed by atoms with Gasteiger partial charge in [0.15, 0.2) is 5.50 Å². The molecule has 1 heterocycles. The number of halogens is 1. The molecule has 0 fully saturated rings. The van der Waals surface area contributed by atoms with Gasteiger partial charge in [0.25, 0.3) is 5.69 Å². The van der Waals surface area contributed by atoms with Crippen LogP contribution in [0.15, 0.2) is 28.8 Å². The fourth-order valence-electron chi connectivity index (χ4n) is 2.28. The summed E-state index contributed by atoms with van der Waals surface area (Å²) in [6.45, 7) is 4.84. The molecule has 1 unspecified atom stereocenters. The molecule has 1 aliphatic rings. The number of carbonyl (C=O) groups is 2. The predicted molar refractivity (Wildman–Crippen MR) is 100.0 cm³/mol. The summed E-state index contributed by atoms with van der Waals surface area (Å²) in [7, 11) is 0. The highest BCUT2D eigenvalue weighted by molar-refractivity contribution is 8.09. The minimum absolute atomic E-state index is 0.111. The van der Waals surface area contributed by atoms with Crippen LogP contribution in [0.5, 0.6) is 0 Å². The molecule has 1 aliphatic heterocycles. The highest BCUT2D eigenvalue weighted by Crippen LogP contribution is 2.42. The summed E-state index contributed by atoms with van der Waals surface area (Å²) in [4.78, 5) is 38.8. The number of nitrogens with zero attached hydrogens (tertiary/aromatic N) is 2. The number of benzene rings is 1. The van der Waals surface area contributed by atoms with Crippen molar-refractivity contribution < 1.29 is 19.2 Å². The van der Waals surface area contributed by atoms with E-state index < -0.39 is 16.4 Å². The molecule has 138 valence electrons. The number of nitro benzene ring substituents is 1. The second kappa shape index (κ2) is 8.33. The van der Waals surface area contributed by atoms with Crippen molar-refractivity contribution >= 4 is 51.5 Å². The van der Waals surface area contributed by atoms with E-state index in [-0.39, 0.29) is 28.8 Å². The highest BCUT2D eigenvalue weighted by atomic mass is 35.5. The van der Waals surface area contributed by atoms with Crippen molar-refractivity contribution in [3.8, 4) is 0 Å². The van der Waals surface area contributed by atoms with Gasteiger partial charge in [-0.25, -0.2) is 4.79 Å². The number of ether oxygens (including phenoxy) is 1. The van der Waals surface area contributed by atoms with Crippen molar-refractivity contribution in [3.05, 3.63) is 44.5 Å². The van der Waals surface area contributed by atoms with E-state index in [1.807, 2.05) is 0 Å². The van der Waals surface area contributed by atoms with Gasteiger partial charge in [-0.1, -0.05) is 23.4 Å². The van der Waals surface area contributed by atoms with Crippen LogP contribution in [0.25, 0.3) is 4.91 Å². The highest BCUT2D eigenvalue weighted by Gasteiger charge is 2.30. The Morgan fingerprint density at radius 2 is 2.15 bits per heavy atom. The Bertz CT molecular complexity index is 837. The van der Waals surface area contributed by atoms with Crippen LogP contribution < -0.4 is 5.32 Å². The lowest BCUT2D eigenvalue weighted by molar-refractivity contribution is -0.384. The summed E-state index contributed by atoms with van der Waals surface area (Å²) in [5.41, 5.74) is 0.211. The number of nitro groups is 1. The molecule has 0 saturated heterocycles. The summed E-state index contributed by atoms with van der Waals surface area (Å²) in [6.07, 6.45) is 0. The standard InChI is InChI=1S/C16H16ClN3O5S/c1-4-25-15(22)13-8(2)18-16(19-9(3)21)26-14(13)11-6-5-10(20(23)24)7-12(11)17/h5-7,16H,4H2,1-3H3,(H,19,21). The lowest BCUT2D eigenvalue weighted by Crippen LogP contribution is -2.33. The van der Waals surface area contributed by atoms with Crippen LogP contribution in [-0.4, -0.2) is 34.6 Å². The molecule has 2 rings (SSSR count). The quantitative estimate of drug-likeness (QED) is 0.464. The zero-order valence-electron chi connectivity index (χ0n) is 14.2. The zero-order valence-corrected chi connectivity index (χ0v) is 15.8. The van der Waals surface area contributed by atoms with E-state index in [0.717, 1.165) is 11.8 Å². The molecule has 26 heavy (non-hydrogen) atoms. The monoisotopic (exact) mass is 397 g/mol. The van der Waals surface area contributed by atoms with E-state index in [0.29, 0.717) is 16.2 Å². The Hall–Kier alpha value is -2.39. The van der Waals surface area contributed by atoms with E-state index in [1.54, 1.807) is 13.8 Å². The second-order valence-corrected chi connectivity index (χ2v) is 6.73. The van der Waals surface area contributed by atoms with Crippen LogP contribution in [0.2, 0.25) is 5.02 Å². The van der Waals surface area contributed by atoms with Crippen LogP contribution in [0.3, 0.4) is 0 Å². The van der Waals surface area contributed by atoms with Crippen molar-refractivity contribution in [2.45, 2.75) is 26.3 Å². The van der Waals surface area contributed by atoms with Crippen molar-refractivity contribution in [2.24, 2.45) is 4.99 Å². The number of aliphatic imine (C=N–C) groups is 1. The minimum atomic E-state index is -0.646. The third kappa shape index (κ3) is 4.41. The minimum Gasteiger partial charge on any atom is -0.462 e. The van der Waals surface area contributed by atoms with Gasteiger partial charge in [0.05, 0.1) is 27.8 Å². The molecule has 0 aliphatic carbocycles. The average molecular weight is 398 g/mol. The summed E-state index contributed by atoms with van der Waals surface area (Å²) in [6, 6.07) is 3.97. The van der Waals surface area contributed by atoms with Gasteiger partial charge in [-0.05, 0) is 19.9 Å².